The smallest absolute Gasteiger partial charge is 0.226 e. The molecule has 1 aromatic rings. The van der Waals surface area contributed by atoms with Gasteiger partial charge in [0.15, 0.2) is 0 Å². The number of aliphatic hydroxyl groups excluding tert-OH is 1. The molecule has 5 nitrogen and oxygen atoms in total. The van der Waals surface area contributed by atoms with Crippen molar-refractivity contribution in [2.75, 3.05) is 26.7 Å². The van der Waals surface area contributed by atoms with Crippen LogP contribution in [0.4, 0.5) is 0 Å². The minimum absolute atomic E-state index is 0.117. The molecular weight excluding hydrogens is 328 g/mol. The number of fused-ring (bicyclic) bond motifs is 2. The van der Waals surface area contributed by atoms with Crippen LogP contribution >= 0.6 is 0 Å². The van der Waals surface area contributed by atoms with Crippen LogP contribution in [0, 0.1) is 23.2 Å². The van der Waals surface area contributed by atoms with Crippen molar-refractivity contribution in [3.63, 3.8) is 0 Å². The van der Waals surface area contributed by atoms with E-state index in [2.05, 4.69) is 22.8 Å². The van der Waals surface area contributed by atoms with E-state index in [1.54, 1.807) is 7.11 Å². The summed E-state index contributed by atoms with van der Waals surface area (Å²) < 4.78 is 5.37. The number of methoxy groups -OCH3 is 1. The zero-order valence-corrected chi connectivity index (χ0v) is 15.5. The molecule has 0 radical (unpaired) electrons. The number of aliphatic hydroxyl groups is 1. The van der Waals surface area contributed by atoms with Gasteiger partial charge in [-0.3, -0.25) is 4.79 Å². The Morgan fingerprint density at radius 1 is 1.38 bits per heavy atom. The number of rotatable bonds is 6. The molecule has 1 heterocycles. The van der Waals surface area contributed by atoms with E-state index in [4.69, 9.17) is 4.74 Å². The van der Waals surface area contributed by atoms with Crippen LogP contribution in [0.15, 0.2) is 24.3 Å². The molecule has 5 heteroatoms. The third-order valence-corrected chi connectivity index (χ3v) is 6.91. The van der Waals surface area contributed by atoms with Gasteiger partial charge in [-0.05, 0) is 55.2 Å². The average molecular weight is 358 g/mol. The van der Waals surface area contributed by atoms with Crippen LogP contribution < -0.4 is 15.4 Å². The van der Waals surface area contributed by atoms with Crippen molar-refractivity contribution in [3.8, 4) is 5.75 Å². The number of ether oxygens (including phenoxy) is 1. The summed E-state index contributed by atoms with van der Waals surface area (Å²) in [6, 6.07) is 8.12. The fraction of sp³-hybridized carbons (Fsp3) is 0.667. The Morgan fingerprint density at radius 2 is 2.27 bits per heavy atom. The van der Waals surface area contributed by atoms with Crippen LogP contribution in [0.1, 0.15) is 31.2 Å². The van der Waals surface area contributed by atoms with E-state index in [9.17, 15) is 9.90 Å². The highest BCUT2D eigenvalue weighted by Gasteiger charge is 2.55. The second-order valence-electron chi connectivity index (χ2n) is 8.46. The normalized spacial score (nSPS) is 35.6. The van der Waals surface area contributed by atoms with Gasteiger partial charge < -0.3 is 20.5 Å². The Bertz CT molecular complexity index is 664. The van der Waals surface area contributed by atoms with Crippen LogP contribution in [0.5, 0.6) is 5.75 Å². The van der Waals surface area contributed by atoms with E-state index in [-0.39, 0.29) is 23.3 Å². The van der Waals surface area contributed by atoms with Crippen LogP contribution in [-0.2, 0) is 11.2 Å². The van der Waals surface area contributed by atoms with Crippen molar-refractivity contribution in [3.05, 3.63) is 29.8 Å². The highest BCUT2D eigenvalue weighted by molar-refractivity contribution is 5.84. The van der Waals surface area contributed by atoms with E-state index < -0.39 is 0 Å². The van der Waals surface area contributed by atoms with Gasteiger partial charge in [-0.15, -0.1) is 0 Å². The van der Waals surface area contributed by atoms with E-state index in [0.717, 1.165) is 31.6 Å². The Morgan fingerprint density at radius 3 is 2.92 bits per heavy atom. The van der Waals surface area contributed by atoms with Crippen molar-refractivity contribution < 1.29 is 14.6 Å². The molecule has 2 saturated carbocycles. The van der Waals surface area contributed by atoms with Gasteiger partial charge in [0, 0.05) is 25.6 Å². The predicted octanol–water partition coefficient (Wildman–Crippen LogP) is 1.74. The molecule has 1 saturated heterocycles. The molecule has 5 unspecified atom stereocenters. The lowest BCUT2D eigenvalue weighted by atomic mass is 9.68. The van der Waals surface area contributed by atoms with Gasteiger partial charge in [0.05, 0.1) is 18.6 Å². The first-order valence-corrected chi connectivity index (χ1v) is 9.91. The Labute approximate surface area is 155 Å². The highest BCUT2D eigenvalue weighted by atomic mass is 16.5. The fourth-order valence-electron chi connectivity index (χ4n) is 5.49. The molecule has 5 atom stereocenters. The maximum absolute atomic E-state index is 13.3. The molecule has 1 aliphatic heterocycles. The largest absolute Gasteiger partial charge is 0.497 e. The van der Waals surface area contributed by atoms with Crippen LogP contribution in [0.3, 0.4) is 0 Å². The third kappa shape index (κ3) is 3.23. The molecule has 1 aromatic carbocycles. The highest BCUT2D eigenvalue weighted by Crippen LogP contribution is 2.57. The van der Waals surface area contributed by atoms with Crippen molar-refractivity contribution in [2.45, 2.75) is 38.2 Å². The maximum atomic E-state index is 13.3. The number of hydrogen-bond acceptors (Lipinski definition) is 4. The minimum Gasteiger partial charge on any atom is -0.497 e. The van der Waals surface area contributed by atoms with E-state index in [1.807, 2.05) is 12.1 Å². The van der Waals surface area contributed by atoms with E-state index >= 15 is 0 Å². The maximum Gasteiger partial charge on any atom is 0.226 e. The van der Waals surface area contributed by atoms with E-state index in [1.165, 1.54) is 18.4 Å². The zero-order valence-electron chi connectivity index (χ0n) is 15.5. The molecule has 3 aliphatic rings. The topological polar surface area (TPSA) is 70.6 Å². The van der Waals surface area contributed by atoms with Gasteiger partial charge >= 0.3 is 0 Å². The van der Waals surface area contributed by atoms with Crippen molar-refractivity contribution in [1.82, 2.24) is 10.6 Å². The van der Waals surface area contributed by atoms with Crippen molar-refractivity contribution >= 4 is 5.91 Å². The summed E-state index contributed by atoms with van der Waals surface area (Å²) in [5.74, 6) is 2.32. The molecule has 142 valence electrons. The van der Waals surface area contributed by atoms with Crippen LogP contribution in [0.25, 0.3) is 0 Å². The van der Waals surface area contributed by atoms with Crippen LogP contribution in [0.2, 0.25) is 0 Å². The number of amides is 1. The molecule has 2 bridgehead atoms. The summed E-state index contributed by atoms with van der Waals surface area (Å²) in [6.45, 7) is 1.96. The van der Waals surface area contributed by atoms with Gasteiger partial charge in [-0.2, -0.15) is 0 Å². The van der Waals surface area contributed by atoms with E-state index in [0.29, 0.717) is 24.9 Å². The van der Waals surface area contributed by atoms with Gasteiger partial charge in [-0.1, -0.05) is 18.6 Å². The minimum atomic E-state index is -0.357. The molecule has 0 spiro atoms. The average Bonchev–Trinajstić information content (AvgIpc) is 3.36. The fourth-order valence-corrected chi connectivity index (χ4v) is 5.49. The zero-order chi connectivity index (χ0) is 18.1. The number of β-amino-alcohol motifs (C(OH)–C–C–N with tert-alkyl or cyclic N) is 1. The second-order valence-corrected chi connectivity index (χ2v) is 8.46. The molecule has 4 rings (SSSR count). The van der Waals surface area contributed by atoms with Gasteiger partial charge in [0.25, 0.3) is 0 Å². The van der Waals surface area contributed by atoms with Crippen LogP contribution in [-0.4, -0.2) is 43.9 Å². The lowest BCUT2D eigenvalue weighted by Crippen LogP contribution is -2.48. The third-order valence-electron chi connectivity index (χ3n) is 6.91. The summed E-state index contributed by atoms with van der Waals surface area (Å²) in [7, 11) is 1.68. The number of hydrogen-bond donors (Lipinski definition) is 3. The summed E-state index contributed by atoms with van der Waals surface area (Å²) in [6.07, 6.45) is 5.03. The van der Waals surface area contributed by atoms with Crippen molar-refractivity contribution in [2.24, 2.45) is 23.2 Å². The monoisotopic (exact) mass is 358 g/mol. The number of carbonyl (C=O) groups excluding carboxylic acids is 1. The molecule has 1 amide bonds. The Balaban J connectivity index is 1.51. The first-order valence-electron chi connectivity index (χ1n) is 9.91. The Kier molecular flexibility index (Phi) is 4.93. The first kappa shape index (κ1) is 17.8. The summed E-state index contributed by atoms with van der Waals surface area (Å²) in [4.78, 5) is 13.3. The predicted molar refractivity (Wildman–Crippen MR) is 100.0 cm³/mol. The van der Waals surface area contributed by atoms with Gasteiger partial charge in [-0.25, -0.2) is 0 Å². The summed E-state index contributed by atoms with van der Waals surface area (Å²) in [5, 5.41) is 16.4. The Hall–Kier alpha value is -1.59. The SMILES string of the molecule is COc1cccc(CC2(C(=O)NCC3CNCC3O)CC3CCC2C3)c1. The lowest BCUT2D eigenvalue weighted by molar-refractivity contribution is -0.134. The van der Waals surface area contributed by atoms with Gasteiger partial charge in [0.2, 0.25) is 5.91 Å². The molecule has 3 fully saturated rings. The molecule has 3 N–H and O–H groups in total. The van der Waals surface area contributed by atoms with Gasteiger partial charge in [0.1, 0.15) is 5.75 Å². The quantitative estimate of drug-likeness (QED) is 0.724. The molecule has 2 aliphatic carbocycles. The molecular formula is C21H30N2O3. The number of carbonyl (C=O) groups is 1. The summed E-state index contributed by atoms with van der Waals surface area (Å²) >= 11 is 0. The second kappa shape index (κ2) is 7.20. The number of nitrogens with one attached hydrogen (secondary N) is 2. The molecule has 0 aromatic heterocycles. The molecule has 26 heavy (non-hydrogen) atoms. The summed E-state index contributed by atoms with van der Waals surface area (Å²) in [5.41, 5.74) is 0.876. The van der Waals surface area contributed by atoms with Crippen molar-refractivity contribution in [1.29, 1.82) is 0 Å². The lowest BCUT2D eigenvalue weighted by Gasteiger charge is -2.37. The first-order chi connectivity index (χ1) is 12.6. The standard InChI is InChI=1S/C21H30N2O3/c1-26-18-4-2-3-14(8-18)9-21(10-15-5-6-17(21)7-15)20(25)23-12-16-11-22-13-19(16)24/h2-4,8,15-17,19,22,24H,5-7,9-13H2,1H3,(H,23,25). The number of benzene rings is 1.